The van der Waals surface area contributed by atoms with Crippen molar-refractivity contribution < 1.29 is 14.3 Å². The van der Waals surface area contributed by atoms with Gasteiger partial charge in [0.2, 0.25) is 12.8 Å². The van der Waals surface area contributed by atoms with Crippen LogP contribution in [0.5, 0.6) is 0 Å². The SMILES string of the molecule is CC1(NC=O)CC(C)(OCNC=O)C1. The Hall–Kier alpha value is -1.10. The van der Waals surface area contributed by atoms with Crippen LogP contribution in [0.3, 0.4) is 0 Å². The average Bonchev–Trinajstić information content (AvgIpc) is 2.02. The number of nitrogens with one attached hydrogen (secondary N) is 2. The van der Waals surface area contributed by atoms with Gasteiger partial charge in [-0.3, -0.25) is 9.59 Å². The molecule has 0 aliphatic heterocycles. The third-order valence-electron chi connectivity index (χ3n) is 2.52. The lowest BCUT2D eigenvalue weighted by atomic mass is 9.67. The predicted molar refractivity (Wildman–Crippen MR) is 50.4 cm³/mol. The van der Waals surface area contributed by atoms with Crippen LogP contribution in [0.2, 0.25) is 0 Å². The molecule has 0 heterocycles. The van der Waals surface area contributed by atoms with E-state index in [0.29, 0.717) is 12.8 Å². The molecule has 1 rings (SSSR count). The Labute approximate surface area is 83.2 Å². The lowest BCUT2D eigenvalue weighted by Crippen LogP contribution is -2.62. The van der Waals surface area contributed by atoms with Crippen LogP contribution in [0.4, 0.5) is 0 Å². The van der Waals surface area contributed by atoms with Gasteiger partial charge in [0.25, 0.3) is 0 Å². The highest BCUT2D eigenvalue weighted by molar-refractivity contribution is 5.48. The second-order valence-electron chi connectivity index (χ2n) is 4.24. The maximum Gasteiger partial charge on any atom is 0.208 e. The molecule has 80 valence electrons. The van der Waals surface area contributed by atoms with E-state index in [1.165, 1.54) is 0 Å². The van der Waals surface area contributed by atoms with Gasteiger partial charge < -0.3 is 15.4 Å². The van der Waals surface area contributed by atoms with Crippen molar-refractivity contribution >= 4 is 12.8 Å². The van der Waals surface area contributed by atoms with E-state index < -0.39 is 0 Å². The van der Waals surface area contributed by atoms with E-state index in [4.69, 9.17) is 4.74 Å². The van der Waals surface area contributed by atoms with Crippen LogP contribution in [0.15, 0.2) is 0 Å². The van der Waals surface area contributed by atoms with Crippen LogP contribution in [0.1, 0.15) is 26.7 Å². The molecule has 2 N–H and O–H groups in total. The Kier molecular flexibility index (Phi) is 3.10. The summed E-state index contributed by atoms with van der Waals surface area (Å²) in [6, 6.07) is 0. The highest BCUT2D eigenvalue weighted by atomic mass is 16.5. The fraction of sp³-hybridized carbons (Fsp3) is 0.778. The van der Waals surface area contributed by atoms with E-state index in [1.54, 1.807) is 0 Å². The topological polar surface area (TPSA) is 67.4 Å². The van der Waals surface area contributed by atoms with Gasteiger partial charge >= 0.3 is 0 Å². The fourth-order valence-electron chi connectivity index (χ4n) is 2.20. The zero-order valence-electron chi connectivity index (χ0n) is 8.50. The molecule has 0 aromatic rings. The number of hydrogen-bond donors (Lipinski definition) is 2. The van der Waals surface area contributed by atoms with Crippen molar-refractivity contribution in [3.63, 3.8) is 0 Å². The van der Waals surface area contributed by atoms with Crippen LogP contribution < -0.4 is 10.6 Å². The van der Waals surface area contributed by atoms with Crippen molar-refractivity contribution in [1.82, 2.24) is 10.6 Å². The molecule has 0 atom stereocenters. The summed E-state index contributed by atoms with van der Waals surface area (Å²) >= 11 is 0. The Bertz CT molecular complexity index is 224. The Morgan fingerprint density at radius 2 is 1.93 bits per heavy atom. The number of rotatable bonds is 6. The van der Waals surface area contributed by atoms with E-state index >= 15 is 0 Å². The van der Waals surface area contributed by atoms with Gasteiger partial charge in [-0.25, -0.2) is 0 Å². The summed E-state index contributed by atoms with van der Waals surface area (Å²) < 4.78 is 5.45. The van der Waals surface area contributed by atoms with Crippen molar-refractivity contribution in [2.75, 3.05) is 6.73 Å². The maximum absolute atomic E-state index is 10.3. The third kappa shape index (κ3) is 2.45. The third-order valence-corrected chi connectivity index (χ3v) is 2.52. The summed E-state index contributed by atoms with van der Waals surface area (Å²) in [6.45, 7) is 4.16. The van der Waals surface area contributed by atoms with E-state index in [1.807, 2.05) is 13.8 Å². The molecule has 0 unspecified atom stereocenters. The molecule has 0 spiro atoms. The predicted octanol–water partition coefficient (Wildman–Crippen LogP) is -0.236. The zero-order valence-corrected chi connectivity index (χ0v) is 8.50. The standard InChI is InChI=1S/C9H16N2O3/c1-8(11-6-13)3-9(2,4-8)14-7-10-5-12/h5-6H,3-4,7H2,1-2H3,(H,10,12)(H,11,13). The van der Waals surface area contributed by atoms with E-state index in [0.717, 1.165) is 12.8 Å². The van der Waals surface area contributed by atoms with Gasteiger partial charge in [-0.2, -0.15) is 0 Å². The summed E-state index contributed by atoms with van der Waals surface area (Å²) in [5.74, 6) is 0. The summed E-state index contributed by atoms with van der Waals surface area (Å²) in [5.41, 5.74) is -0.390. The zero-order chi connectivity index (χ0) is 10.7. The quantitative estimate of drug-likeness (QED) is 0.353. The minimum Gasteiger partial charge on any atom is -0.355 e. The van der Waals surface area contributed by atoms with E-state index in [9.17, 15) is 9.59 Å². The smallest absolute Gasteiger partial charge is 0.208 e. The van der Waals surface area contributed by atoms with Crippen molar-refractivity contribution in [3.8, 4) is 0 Å². The lowest BCUT2D eigenvalue weighted by molar-refractivity contribution is -0.142. The van der Waals surface area contributed by atoms with Crippen LogP contribution in [0, 0.1) is 0 Å². The Balaban J connectivity index is 2.28. The first kappa shape index (κ1) is 11.0. The Morgan fingerprint density at radius 1 is 1.29 bits per heavy atom. The molecule has 5 nitrogen and oxygen atoms in total. The fourth-order valence-corrected chi connectivity index (χ4v) is 2.20. The molecule has 14 heavy (non-hydrogen) atoms. The van der Waals surface area contributed by atoms with Crippen LogP contribution >= 0.6 is 0 Å². The molecule has 5 heteroatoms. The molecule has 0 aromatic carbocycles. The Morgan fingerprint density at radius 3 is 2.43 bits per heavy atom. The number of carbonyl (C=O) groups excluding carboxylic acids is 2. The van der Waals surface area contributed by atoms with Gasteiger partial charge in [0.1, 0.15) is 6.73 Å². The average molecular weight is 200 g/mol. The summed E-state index contributed by atoms with van der Waals surface area (Å²) in [4.78, 5) is 20.3. The number of carbonyl (C=O) groups is 2. The van der Waals surface area contributed by atoms with Gasteiger partial charge in [-0.15, -0.1) is 0 Å². The monoisotopic (exact) mass is 200 g/mol. The van der Waals surface area contributed by atoms with Gasteiger partial charge in [0.05, 0.1) is 5.60 Å². The molecule has 0 bridgehead atoms. The molecule has 0 aromatic heterocycles. The second-order valence-corrected chi connectivity index (χ2v) is 4.24. The highest BCUT2D eigenvalue weighted by Gasteiger charge is 2.49. The molecular formula is C9H16N2O3. The number of amides is 2. The summed E-state index contributed by atoms with van der Waals surface area (Å²) in [5, 5.41) is 5.19. The molecule has 0 radical (unpaired) electrons. The number of ether oxygens (including phenoxy) is 1. The maximum atomic E-state index is 10.3. The summed E-state index contributed by atoms with van der Waals surface area (Å²) in [7, 11) is 0. The van der Waals surface area contributed by atoms with Gasteiger partial charge in [-0.05, 0) is 26.7 Å². The normalized spacial score (nSPS) is 35.6. The molecular weight excluding hydrogens is 184 g/mol. The second kappa shape index (κ2) is 3.96. The molecule has 0 saturated heterocycles. The van der Waals surface area contributed by atoms with Gasteiger partial charge in [0, 0.05) is 5.54 Å². The van der Waals surface area contributed by atoms with Crippen molar-refractivity contribution in [2.45, 2.75) is 37.8 Å². The van der Waals surface area contributed by atoms with Crippen LogP contribution in [-0.2, 0) is 14.3 Å². The first-order chi connectivity index (χ1) is 6.54. The minimum atomic E-state index is -0.235. The summed E-state index contributed by atoms with van der Waals surface area (Å²) in [6.07, 6.45) is 2.84. The van der Waals surface area contributed by atoms with Crippen LogP contribution in [-0.4, -0.2) is 30.7 Å². The van der Waals surface area contributed by atoms with E-state index in [2.05, 4.69) is 10.6 Å². The minimum absolute atomic E-state index is 0.155. The van der Waals surface area contributed by atoms with E-state index in [-0.39, 0.29) is 17.9 Å². The van der Waals surface area contributed by atoms with Crippen molar-refractivity contribution in [3.05, 3.63) is 0 Å². The van der Waals surface area contributed by atoms with Gasteiger partial charge in [0.15, 0.2) is 0 Å². The largest absolute Gasteiger partial charge is 0.355 e. The molecule has 1 saturated carbocycles. The molecule has 1 aliphatic carbocycles. The first-order valence-electron chi connectivity index (χ1n) is 4.56. The lowest BCUT2D eigenvalue weighted by Gasteiger charge is -2.52. The highest BCUT2D eigenvalue weighted by Crippen LogP contribution is 2.43. The first-order valence-corrected chi connectivity index (χ1v) is 4.56. The molecule has 1 fully saturated rings. The van der Waals surface area contributed by atoms with Crippen LogP contribution in [0.25, 0.3) is 0 Å². The van der Waals surface area contributed by atoms with Gasteiger partial charge in [-0.1, -0.05) is 0 Å². The number of hydrogen-bond acceptors (Lipinski definition) is 3. The molecule has 2 amide bonds. The molecule has 1 aliphatic rings. The van der Waals surface area contributed by atoms with Crippen molar-refractivity contribution in [2.24, 2.45) is 0 Å². The van der Waals surface area contributed by atoms with Crippen molar-refractivity contribution in [1.29, 1.82) is 0 Å².